The molecule has 0 saturated heterocycles. The molecule has 2 unspecified atom stereocenters. The van der Waals surface area contributed by atoms with Crippen LogP contribution in [-0.2, 0) is 17.6 Å². The van der Waals surface area contributed by atoms with Crippen molar-refractivity contribution in [1.82, 2.24) is 15.8 Å². The van der Waals surface area contributed by atoms with Crippen molar-refractivity contribution in [3.8, 4) is 0 Å². The van der Waals surface area contributed by atoms with E-state index in [0.717, 1.165) is 24.8 Å². The van der Waals surface area contributed by atoms with Crippen LogP contribution in [0.3, 0.4) is 0 Å². The summed E-state index contributed by atoms with van der Waals surface area (Å²) in [7, 11) is 0. The van der Waals surface area contributed by atoms with E-state index in [-0.39, 0.29) is 0 Å². The normalized spacial score (nSPS) is 17.1. The molecule has 2 aromatic carbocycles. The van der Waals surface area contributed by atoms with Gasteiger partial charge in [-0.25, -0.2) is 5.48 Å². The largest absolute Gasteiger partial charge is 0.361 e. The highest BCUT2D eigenvalue weighted by Gasteiger charge is 2.24. The number of carbonyl (C=O) groups is 1. The van der Waals surface area contributed by atoms with E-state index in [4.69, 9.17) is 5.21 Å². The Labute approximate surface area is 164 Å². The predicted molar refractivity (Wildman–Crippen MR) is 111 cm³/mol. The van der Waals surface area contributed by atoms with Crippen LogP contribution < -0.4 is 10.8 Å². The van der Waals surface area contributed by atoms with Gasteiger partial charge in [0.05, 0.1) is 0 Å². The summed E-state index contributed by atoms with van der Waals surface area (Å²) < 4.78 is 0. The summed E-state index contributed by atoms with van der Waals surface area (Å²) in [5.41, 5.74) is 7.77. The molecule has 4 rings (SSSR count). The second-order valence-corrected chi connectivity index (χ2v) is 7.49. The molecular formula is C23H25N3O2. The second-order valence-electron chi connectivity index (χ2n) is 7.49. The molecule has 5 heteroatoms. The summed E-state index contributed by atoms with van der Waals surface area (Å²) >= 11 is 0. The predicted octanol–water partition coefficient (Wildman–Crippen LogP) is 3.89. The van der Waals surface area contributed by atoms with Crippen LogP contribution in [0, 0.1) is 0 Å². The van der Waals surface area contributed by atoms with Gasteiger partial charge >= 0.3 is 0 Å². The zero-order valence-electron chi connectivity index (χ0n) is 15.9. The Morgan fingerprint density at radius 1 is 1.32 bits per heavy atom. The zero-order chi connectivity index (χ0) is 19.5. The average Bonchev–Trinajstić information content (AvgIpc) is 3.30. The number of rotatable bonds is 6. The van der Waals surface area contributed by atoms with Gasteiger partial charge in [0.2, 0.25) is 0 Å². The number of hydroxylamine groups is 1. The monoisotopic (exact) mass is 375 g/mol. The number of fused-ring (bicyclic) bond motifs is 2. The maximum atomic E-state index is 11.1. The van der Waals surface area contributed by atoms with Crippen LogP contribution >= 0.6 is 0 Å². The smallest absolute Gasteiger partial charge is 0.267 e. The van der Waals surface area contributed by atoms with E-state index >= 15 is 0 Å². The quantitative estimate of drug-likeness (QED) is 0.300. The van der Waals surface area contributed by atoms with Crippen molar-refractivity contribution >= 4 is 22.9 Å². The van der Waals surface area contributed by atoms with E-state index in [2.05, 4.69) is 59.8 Å². The number of nitrogens with one attached hydrogen (secondary N) is 3. The molecule has 0 spiro atoms. The van der Waals surface area contributed by atoms with Crippen molar-refractivity contribution in [2.24, 2.45) is 0 Å². The number of hydrogen-bond donors (Lipinski definition) is 4. The van der Waals surface area contributed by atoms with Crippen LogP contribution in [0.1, 0.15) is 41.6 Å². The molecule has 0 aliphatic heterocycles. The second kappa shape index (κ2) is 8.00. The number of aromatic nitrogens is 1. The Hall–Kier alpha value is -2.89. The number of aromatic amines is 1. The summed E-state index contributed by atoms with van der Waals surface area (Å²) in [6.45, 7) is 2.24. The molecule has 5 nitrogen and oxygen atoms in total. The third-order valence-corrected chi connectivity index (χ3v) is 5.47. The number of benzene rings is 2. The Kier molecular flexibility index (Phi) is 5.28. The van der Waals surface area contributed by atoms with Gasteiger partial charge in [0.15, 0.2) is 0 Å². The lowest BCUT2D eigenvalue weighted by atomic mass is 10.0. The number of hydrogen-bond acceptors (Lipinski definition) is 3. The SMILES string of the molecule is CC(Cc1c[nH]c2ccccc12)NC1CCc2cc(C=CC(=O)NO)ccc21. The summed E-state index contributed by atoms with van der Waals surface area (Å²) in [6.07, 6.45) is 8.25. The molecule has 1 aliphatic carbocycles. The third-order valence-electron chi connectivity index (χ3n) is 5.47. The van der Waals surface area contributed by atoms with Crippen molar-refractivity contribution < 1.29 is 10.0 Å². The summed E-state index contributed by atoms with van der Waals surface area (Å²) in [5, 5.41) is 13.7. The number of aryl methyl sites for hydroxylation is 1. The first-order chi connectivity index (χ1) is 13.6. The molecule has 28 heavy (non-hydrogen) atoms. The standard InChI is InChI=1S/C23H25N3O2/c1-15(12-18-14-24-21-5-3-2-4-19(18)21)25-22-10-8-17-13-16(6-9-20(17)22)7-11-23(27)26-28/h2-7,9,11,13-15,22,24-25,28H,8,10,12H2,1H3,(H,26,27). The molecular weight excluding hydrogens is 350 g/mol. The van der Waals surface area contributed by atoms with E-state index in [1.165, 1.54) is 33.7 Å². The Morgan fingerprint density at radius 2 is 2.18 bits per heavy atom. The molecule has 0 fully saturated rings. The van der Waals surface area contributed by atoms with Gasteiger partial charge in [-0.05, 0) is 60.6 Å². The Morgan fingerprint density at radius 3 is 3.04 bits per heavy atom. The molecule has 1 amide bonds. The summed E-state index contributed by atoms with van der Waals surface area (Å²) in [5.74, 6) is -0.522. The summed E-state index contributed by atoms with van der Waals surface area (Å²) in [4.78, 5) is 14.5. The third kappa shape index (κ3) is 3.86. The van der Waals surface area contributed by atoms with Gasteiger partial charge in [-0.2, -0.15) is 0 Å². The molecule has 4 N–H and O–H groups in total. The van der Waals surface area contributed by atoms with Crippen LogP contribution in [0.15, 0.2) is 54.7 Å². The van der Waals surface area contributed by atoms with Gasteiger partial charge in [0.25, 0.3) is 5.91 Å². The highest BCUT2D eigenvalue weighted by atomic mass is 16.5. The average molecular weight is 375 g/mol. The lowest BCUT2D eigenvalue weighted by Gasteiger charge is -2.20. The van der Waals surface area contributed by atoms with Gasteiger partial charge in [-0.3, -0.25) is 10.0 Å². The molecule has 1 aromatic heterocycles. The topological polar surface area (TPSA) is 77.2 Å². The van der Waals surface area contributed by atoms with E-state index in [1.807, 2.05) is 6.07 Å². The molecule has 0 radical (unpaired) electrons. The molecule has 3 aromatic rings. The highest BCUT2D eigenvalue weighted by molar-refractivity contribution is 5.90. The fraction of sp³-hybridized carbons (Fsp3) is 0.261. The Balaban J connectivity index is 1.43. The van der Waals surface area contributed by atoms with E-state index in [9.17, 15) is 4.79 Å². The van der Waals surface area contributed by atoms with Crippen molar-refractivity contribution in [3.63, 3.8) is 0 Å². The van der Waals surface area contributed by atoms with E-state index < -0.39 is 5.91 Å². The van der Waals surface area contributed by atoms with Crippen molar-refractivity contribution in [1.29, 1.82) is 0 Å². The molecule has 144 valence electrons. The van der Waals surface area contributed by atoms with Crippen LogP contribution in [0.25, 0.3) is 17.0 Å². The number of para-hydroxylation sites is 1. The minimum atomic E-state index is -0.522. The maximum absolute atomic E-state index is 11.1. The fourth-order valence-electron chi connectivity index (χ4n) is 4.16. The fourth-order valence-corrected chi connectivity index (χ4v) is 4.16. The van der Waals surface area contributed by atoms with Crippen LogP contribution in [-0.4, -0.2) is 22.1 Å². The molecule has 1 heterocycles. The number of H-pyrrole nitrogens is 1. The van der Waals surface area contributed by atoms with Crippen LogP contribution in [0.2, 0.25) is 0 Å². The highest BCUT2D eigenvalue weighted by Crippen LogP contribution is 2.32. The lowest BCUT2D eigenvalue weighted by molar-refractivity contribution is -0.124. The first kappa shape index (κ1) is 18.5. The number of amides is 1. The van der Waals surface area contributed by atoms with Gasteiger partial charge in [0, 0.05) is 35.3 Å². The molecule has 0 bridgehead atoms. The first-order valence-electron chi connectivity index (χ1n) is 9.70. The van der Waals surface area contributed by atoms with Crippen molar-refractivity contribution in [3.05, 3.63) is 77.0 Å². The van der Waals surface area contributed by atoms with E-state index in [1.54, 1.807) is 11.6 Å². The maximum Gasteiger partial charge on any atom is 0.267 e. The Bertz CT molecular complexity index is 1020. The number of carbonyl (C=O) groups excluding carboxylic acids is 1. The zero-order valence-corrected chi connectivity index (χ0v) is 15.9. The van der Waals surface area contributed by atoms with Gasteiger partial charge < -0.3 is 10.3 Å². The van der Waals surface area contributed by atoms with E-state index in [0.29, 0.717) is 12.1 Å². The molecule has 2 atom stereocenters. The van der Waals surface area contributed by atoms with Crippen molar-refractivity contribution in [2.75, 3.05) is 0 Å². The van der Waals surface area contributed by atoms with Gasteiger partial charge in [-0.1, -0.05) is 36.4 Å². The van der Waals surface area contributed by atoms with Gasteiger partial charge in [0.1, 0.15) is 0 Å². The van der Waals surface area contributed by atoms with Gasteiger partial charge in [-0.15, -0.1) is 0 Å². The lowest BCUT2D eigenvalue weighted by Crippen LogP contribution is -2.31. The minimum Gasteiger partial charge on any atom is -0.361 e. The molecule has 1 aliphatic rings. The summed E-state index contributed by atoms with van der Waals surface area (Å²) in [6, 6.07) is 15.4. The van der Waals surface area contributed by atoms with Crippen LogP contribution in [0.4, 0.5) is 0 Å². The first-order valence-corrected chi connectivity index (χ1v) is 9.70. The molecule has 0 saturated carbocycles. The van der Waals surface area contributed by atoms with Crippen LogP contribution in [0.5, 0.6) is 0 Å². The minimum absolute atomic E-state index is 0.356. The van der Waals surface area contributed by atoms with Crippen molar-refractivity contribution in [2.45, 2.75) is 38.3 Å².